The van der Waals surface area contributed by atoms with Crippen LogP contribution in [0.4, 0.5) is 0 Å². The molecule has 0 spiro atoms. The number of sulfonamides is 1. The van der Waals surface area contributed by atoms with Crippen molar-refractivity contribution in [1.29, 1.82) is 0 Å². The molecule has 3 rings (SSSR count). The lowest BCUT2D eigenvalue weighted by molar-refractivity contribution is -0.154. The minimum absolute atomic E-state index is 0.00669. The van der Waals surface area contributed by atoms with Gasteiger partial charge in [-0.05, 0) is 54.7 Å². The molecule has 1 aliphatic rings. The van der Waals surface area contributed by atoms with E-state index in [4.69, 9.17) is 23.2 Å². The van der Waals surface area contributed by atoms with Gasteiger partial charge in [0.1, 0.15) is 0 Å². The van der Waals surface area contributed by atoms with Crippen molar-refractivity contribution in [3.8, 4) is 0 Å². The summed E-state index contributed by atoms with van der Waals surface area (Å²) in [5.41, 5.74) is 1.29. The van der Waals surface area contributed by atoms with Crippen LogP contribution >= 0.6 is 23.2 Å². The van der Waals surface area contributed by atoms with Crippen molar-refractivity contribution < 1.29 is 13.2 Å². The molecule has 184 valence electrons. The summed E-state index contributed by atoms with van der Waals surface area (Å²) in [6.45, 7) is 7.97. The van der Waals surface area contributed by atoms with Gasteiger partial charge in [0.15, 0.2) is 0 Å². The van der Waals surface area contributed by atoms with E-state index in [1.165, 1.54) is 0 Å². The highest BCUT2D eigenvalue weighted by molar-refractivity contribution is 7.88. The number of halogens is 2. The highest BCUT2D eigenvalue weighted by Crippen LogP contribution is 2.52. The maximum atomic E-state index is 14.1. The molecule has 1 heterocycles. The molecule has 1 aliphatic heterocycles. The molecule has 4 atom stereocenters. The molecule has 1 N–H and O–H groups in total. The first-order valence-corrected chi connectivity index (χ1v) is 14.0. The van der Waals surface area contributed by atoms with Gasteiger partial charge in [-0.25, -0.2) is 13.1 Å². The summed E-state index contributed by atoms with van der Waals surface area (Å²) in [6, 6.07) is 14.6. The molecule has 1 fully saturated rings. The van der Waals surface area contributed by atoms with Crippen LogP contribution in [0.25, 0.3) is 0 Å². The summed E-state index contributed by atoms with van der Waals surface area (Å²) >= 11 is 12.6. The fraction of sp³-hybridized carbons (Fsp3) is 0.423. The Hall–Kier alpha value is -1.86. The lowest BCUT2D eigenvalue weighted by atomic mass is 9.67. The van der Waals surface area contributed by atoms with Gasteiger partial charge in [-0.15, -0.1) is 6.58 Å². The second-order valence-corrected chi connectivity index (χ2v) is 12.0. The Kier molecular flexibility index (Phi) is 8.51. The Morgan fingerprint density at radius 3 is 2.41 bits per heavy atom. The van der Waals surface area contributed by atoms with Crippen LogP contribution in [-0.2, 0) is 14.8 Å². The van der Waals surface area contributed by atoms with E-state index in [-0.39, 0.29) is 30.5 Å². The zero-order valence-electron chi connectivity index (χ0n) is 19.8. The Labute approximate surface area is 213 Å². The molecule has 1 saturated heterocycles. The topological polar surface area (TPSA) is 66.5 Å². The van der Waals surface area contributed by atoms with E-state index < -0.39 is 15.4 Å². The SMILES string of the molecule is C=CC[C@@]1(C)CC(c2cccc(Cl)c2)[C@@H](c2ccc(Cl)cc2)N(C(CC)CNS(C)(=O)=O)C1=O. The highest BCUT2D eigenvalue weighted by Gasteiger charge is 2.50. The Morgan fingerprint density at radius 2 is 1.85 bits per heavy atom. The first-order valence-electron chi connectivity index (χ1n) is 11.4. The Bertz CT molecular complexity index is 1140. The summed E-state index contributed by atoms with van der Waals surface area (Å²) in [5.74, 6) is -0.0670. The van der Waals surface area contributed by atoms with Crippen molar-refractivity contribution in [3.05, 3.63) is 82.4 Å². The number of hydrogen-bond acceptors (Lipinski definition) is 3. The van der Waals surface area contributed by atoms with Gasteiger partial charge in [0.25, 0.3) is 0 Å². The summed E-state index contributed by atoms with van der Waals surface area (Å²) in [4.78, 5) is 16.0. The van der Waals surface area contributed by atoms with Crippen molar-refractivity contribution >= 4 is 39.1 Å². The monoisotopic (exact) mass is 522 g/mol. The number of nitrogens with one attached hydrogen (secondary N) is 1. The normalized spacial score (nSPS) is 24.1. The predicted octanol–water partition coefficient (Wildman–Crippen LogP) is 5.96. The number of benzene rings is 2. The quantitative estimate of drug-likeness (QED) is 0.413. The third kappa shape index (κ3) is 6.03. The standard InChI is InChI=1S/C26H32Cl2N2O3S/c1-5-14-26(3)16-23(19-8-7-9-21(28)15-19)24(18-10-12-20(27)13-11-18)30(25(26)31)22(6-2)17-29-34(4,32)33/h5,7-13,15,22-24,29H,1,6,14,16-17H2,2-4H3/t22?,23?,24-,26+/m1/s1. The van der Waals surface area contributed by atoms with E-state index in [2.05, 4.69) is 11.3 Å². The fourth-order valence-electron chi connectivity index (χ4n) is 4.98. The minimum atomic E-state index is -3.42. The molecule has 2 aromatic rings. The van der Waals surface area contributed by atoms with Crippen molar-refractivity contribution in [2.45, 2.75) is 51.1 Å². The fourth-order valence-corrected chi connectivity index (χ4v) is 5.80. The van der Waals surface area contributed by atoms with Crippen LogP contribution in [0.5, 0.6) is 0 Å². The smallest absolute Gasteiger partial charge is 0.229 e. The number of hydrogen-bond donors (Lipinski definition) is 1. The average molecular weight is 524 g/mol. The second-order valence-electron chi connectivity index (χ2n) is 9.31. The molecule has 0 bridgehead atoms. The molecule has 0 saturated carbocycles. The van der Waals surface area contributed by atoms with E-state index in [0.29, 0.717) is 29.3 Å². The average Bonchev–Trinajstić information content (AvgIpc) is 2.77. The molecule has 2 aromatic carbocycles. The highest BCUT2D eigenvalue weighted by atomic mass is 35.5. The van der Waals surface area contributed by atoms with Gasteiger partial charge in [0.05, 0.1) is 17.7 Å². The van der Waals surface area contributed by atoms with Gasteiger partial charge >= 0.3 is 0 Å². The van der Waals surface area contributed by atoms with E-state index in [1.807, 2.05) is 67.3 Å². The number of nitrogens with zero attached hydrogens (tertiary/aromatic N) is 1. The van der Waals surface area contributed by atoms with Crippen LogP contribution in [0.15, 0.2) is 61.2 Å². The molecule has 0 radical (unpaired) electrons. The third-order valence-corrected chi connectivity index (χ3v) is 7.81. The van der Waals surface area contributed by atoms with Gasteiger partial charge in [-0.2, -0.15) is 0 Å². The first kappa shape index (κ1) is 26.7. The van der Waals surface area contributed by atoms with Gasteiger partial charge < -0.3 is 4.90 Å². The largest absolute Gasteiger partial charge is 0.330 e. The lowest BCUT2D eigenvalue weighted by Gasteiger charge is -2.52. The first-order chi connectivity index (χ1) is 16.0. The Morgan fingerprint density at radius 1 is 1.18 bits per heavy atom. The number of piperidine rings is 1. The van der Waals surface area contributed by atoms with E-state index in [0.717, 1.165) is 17.4 Å². The molecule has 1 amide bonds. The molecular formula is C26H32Cl2N2O3S. The van der Waals surface area contributed by atoms with Crippen LogP contribution in [0.2, 0.25) is 10.0 Å². The number of likely N-dealkylation sites (tertiary alicyclic amines) is 1. The van der Waals surface area contributed by atoms with Crippen LogP contribution in [-0.4, -0.2) is 38.1 Å². The second kappa shape index (κ2) is 10.8. The number of amides is 1. The molecule has 0 aromatic heterocycles. The van der Waals surface area contributed by atoms with Crippen LogP contribution in [0, 0.1) is 5.41 Å². The molecule has 34 heavy (non-hydrogen) atoms. The number of allylic oxidation sites excluding steroid dienone is 1. The molecule has 5 nitrogen and oxygen atoms in total. The lowest BCUT2D eigenvalue weighted by Crippen LogP contribution is -2.57. The molecule has 8 heteroatoms. The van der Waals surface area contributed by atoms with Crippen LogP contribution in [0.1, 0.15) is 56.2 Å². The molecular weight excluding hydrogens is 491 g/mol. The van der Waals surface area contributed by atoms with Crippen molar-refractivity contribution in [2.75, 3.05) is 12.8 Å². The van der Waals surface area contributed by atoms with Gasteiger partial charge in [-0.3, -0.25) is 4.79 Å². The zero-order chi connectivity index (χ0) is 25.1. The van der Waals surface area contributed by atoms with Gasteiger partial charge in [-0.1, -0.05) is 67.4 Å². The van der Waals surface area contributed by atoms with Crippen molar-refractivity contribution in [3.63, 3.8) is 0 Å². The van der Waals surface area contributed by atoms with Crippen LogP contribution in [0.3, 0.4) is 0 Å². The Balaban J connectivity index is 2.20. The van der Waals surface area contributed by atoms with E-state index >= 15 is 0 Å². The molecule has 2 unspecified atom stereocenters. The van der Waals surface area contributed by atoms with E-state index in [1.54, 1.807) is 6.08 Å². The number of rotatable bonds is 9. The van der Waals surface area contributed by atoms with Gasteiger partial charge in [0, 0.05) is 28.5 Å². The summed E-state index contributed by atoms with van der Waals surface area (Å²) < 4.78 is 26.4. The van der Waals surface area contributed by atoms with Crippen molar-refractivity contribution in [2.24, 2.45) is 5.41 Å². The molecule has 0 aliphatic carbocycles. The number of carbonyl (C=O) groups excluding carboxylic acids is 1. The third-order valence-electron chi connectivity index (χ3n) is 6.63. The van der Waals surface area contributed by atoms with Crippen LogP contribution < -0.4 is 4.72 Å². The van der Waals surface area contributed by atoms with Gasteiger partial charge in [0.2, 0.25) is 15.9 Å². The minimum Gasteiger partial charge on any atom is -0.330 e. The summed E-state index contributed by atoms with van der Waals surface area (Å²) in [6.07, 6.45) is 4.62. The summed E-state index contributed by atoms with van der Waals surface area (Å²) in [5, 5.41) is 1.24. The summed E-state index contributed by atoms with van der Waals surface area (Å²) in [7, 11) is -3.42. The predicted molar refractivity (Wildman–Crippen MR) is 140 cm³/mol. The zero-order valence-corrected chi connectivity index (χ0v) is 22.1. The maximum Gasteiger partial charge on any atom is 0.229 e. The number of carbonyl (C=O) groups is 1. The van der Waals surface area contributed by atoms with E-state index in [9.17, 15) is 13.2 Å². The van der Waals surface area contributed by atoms with Crippen molar-refractivity contribution in [1.82, 2.24) is 9.62 Å². The maximum absolute atomic E-state index is 14.1.